The Bertz CT molecular complexity index is 409. The summed E-state index contributed by atoms with van der Waals surface area (Å²) in [6, 6.07) is -0.156. The molecule has 17 heavy (non-hydrogen) atoms. The first-order valence-corrected chi connectivity index (χ1v) is 7.75. The van der Waals surface area contributed by atoms with Gasteiger partial charge in [-0.15, -0.1) is 0 Å². The van der Waals surface area contributed by atoms with E-state index in [-0.39, 0.29) is 23.2 Å². The van der Waals surface area contributed by atoms with Crippen LogP contribution in [0.15, 0.2) is 0 Å². The van der Waals surface area contributed by atoms with Crippen molar-refractivity contribution in [3.63, 3.8) is 0 Å². The lowest BCUT2D eigenvalue weighted by Crippen LogP contribution is -2.52. The molecule has 2 aliphatic heterocycles. The van der Waals surface area contributed by atoms with Gasteiger partial charge in [0.15, 0.2) is 0 Å². The molecular formula is C10H18N2O3S2. The number of piperidine rings is 1. The first-order chi connectivity index (χ1) is 7.84. The minimum Gasteiger partial charge on any atom is -0.393 e. The van der Waals surface area contributed by atoms with Gasteiger partial charge in [0, 0.05) is 12.1 Å². The van der Waals surface area contributed by atoms with E-state index in [4.69, 9.17) is 18.0 Å². The normalized spacial score (nSPS) is 35.8. The lowest BCUT2D eigenvalue weighted by molar-refractivity contribution is 0.0767. The number of aliphatic hydroxyl groups is 1. The Morgan fingerprint density at radius 3 is 2.29 bits per heavy atom. The molecule has 0 aromatic heterocycles. The van der Waals surface area contributed by atoms with E-state index in [1.165, 1.54) is 6.92 Å². The molecule has 0 aromatic carbocycles. The number of sulfonamides is 1. The van der Waals surface area contributed by atoms with Crippen molar-refractivity contribution in [1.29, 1.82) is 0 Å². The number of thiocarbonyl (C=S) groups is 1. The van der Waals surface area contributed by atoms with Crippen LogP contribution >= 0.6 is 12.2 Å². The Morgan fingerprint density at radius 2 is 1.88 bits per heavy atom. The Hall–Kier alpha value is -0.240. The van der Waals surface area contributed by atoms with Gasteiger partial charge in [-0.3, -0.25) is 0 Å². The van der Waals surface area contributed by atoms with E-state index in [0.29, 0.717) is 12.8 Å². The van der Waals surface area contributed by atoms with Crippen LogP contribution in [0.2, 0.25) is 0 Å². The topological polar surface area (TPSA) is 83.6 Å². The molecule has 98 valence electrons. The molecule has 0 radical (unpaired) electrons. The molecule has 2 heterocycles. The van der Waals surface area contributed by atoms with E-state index in [2.05, 4.69) is 0 Å². The second-order valence-corrected chi connectivity index (χ2v) is 7.56. The predicted octanol–water partition coefficient (Wildman–Crippen LogP) is -0.0215. The lowest BCUT2D eigenvalue weighted by Gasteiger charge is -2.37. The van der Waals surface area contributed by atoms with Gasteiger partial charge in [-0.25, -0.2) is 8.42 Å². The van der Waals surface area contributed by atoms with Crippen LogP contribution < -0.4 is 5.73 Å². The van der Waals surface area contributed by atoms with Gasteiger partial charge in [0.2, 0.25) is 10.0 Å². The molecule has 0 amide bonds. The maximum atomic E-state index is 12.4. The number of hydrogen-bond acceptors (Lipinski definition) is 4. The van der Waals surface area contributed by atoms with Crippen LogP contribution in [-0.2, 0) is 10.0 Å². The number of aliphatic hydroxyl groups excluding tert-OH is 1. The standard InChI is InChI=1S/C10H18N2O3S2/c1-6(10(11)16)17(14,15)12-7-2-3-8(12)5-9(13)4-7/h6-9,13H,2-5H2,1H3,(H2,11,16). The van der Waals surface area contributed by atoms with Crippen LogP contribution in [0.3, 0.4) is 0 Å². The summed E-state index contributed by atoms with van der Waals surface area (Å²) in [6.07, 6.45) is 2.33. The van der Waals surface area contributed by atoms with Gasteiger partial charge in [0.1, 0.15) is 5.25 Å². The number of nitrogens with zero attached hydrogens (tertiary/aromatic N) is 1. The summed E-state index contributed by atoms with van der Waals surface area (Å²) < 4.78 is 26.3. The first kappa shape index (κ1) is 13.2. The molecule has 2 aliphatic rings. The van der Waals surface area contributed by atoms with Crippen LogP contribution in [-0.4, -0.2) is 46.3 Å². The van der Waals surface area contributed by atoms with Crippen molar-refractivity contribution in [3.8, 4) is 0 Å². The molecule has 0 spiro atoms. The SMILES string of the molecule is CC(C(N)=S)S(=O)(=O)N1C2CCC1CC(O)C2. The number of rotatable bonds is 3. The summed E-state index contributed by atoms with van der Waals surface area (Å²) in [6.45, 7) is 1.53. The predicted molar refractivity (Wildman–Crippen MR) is 69.1 cm³/mol. The van der Waals surface area contributed by atoms with Crippen molar-refractivity contribution >= 4 is 27.2 Å². The zero-order valence-electron chi connectivity index (χ0n) is 9.74. The summed E-state index contributed by atoms with van der Waals surface area (Å²) in [5.74, 6) is 0. The van der Waals surface area contributed by atoms with E-state index in [1.807, 2.05) is 0 Å². The molecule has 7 heteroatoms. The summed E-state index contributed by atoms with van der Waals surface area (Å²) >= 11 is 4.78. The molecule has 0 aromatic rings. The van der Waals surface area contributed by atoms with Gasteiger partial charge < -0.3 is 10.8 Å². The Morgan fingerprint density at radius 1 is 1.41 bits per heavy atom. The fourth-order valence-corrected chi connectivity index (χ4v) is 5.09. The van der Waals surface area contributed by atoms with Crippen molar-refractivity contribution in [3.05, 3.63) is 0 Å². The highest BCUT2D eigenvalue weighted by molar-refractivity contribution is 7.92. The van der Waals surface area contributed by atoms with Crippen molar-refractivity contribution in [2.75, 3.05) is 0 Å². The molecule has 2 bridgehead atoms. The quantitative estimate of drug-likeness (QED) is 0.709. The lowest BCUT2D eigenvalue weighted by atomic mass is 10.0. The first-order valence-electron chi connectivity index (χ1n) is 5.83. The fourth-order valence-electron chi connectivity index (χ4n) is 2.85. The van der Waals surface area contributed by atoms with Gasteiger partial charge in [-0.05, 0) is 32.6 Å². The third-order valence-electron chi connectivity index (χ3n) is 3.78. The average Bonchev–Trinajstić information content (AvgIpc) is 2.51. The smallest absolute Gasteiger partial charge is 0.223 e. The second kappa shape index (κ2) is 4.46. The number of nitrogens with two attached hydrogens (primary N) is 1. The Labute approximate surface area is 107 Å². The van der Waals surface area contributed by atoms with Gasteiger partial charge in [0.05, 0.1) is 11.1 Å². The van der Waals surface area contributed by atoms with Gasteiger partial charge in [-0.1, -0.05) is 12.2 Å². The van der Waals surface area contributed by atoms with Gasteiger partial charge in [0.25, 0.3) is 0 Å². The zero-order valence-corrected chi connectivity index (χ0v) is 11.4. The molecular weight excluding hydrogens is 260 g/mol. The summed E-state index contributed by atoms with van der Waals surface area (Å²) in [5.41, 5.74) is 5.44. The molecule has 2 rings (SSSR count). The fraction of sp³-hybridized carbons (Fsp3) is 0.900. The molecule has 3 unspecified atom stereocenters. The molecule has 0 saturated carbocycles. The molecule has 0 aliphatic carbocycles. The van der Waals surface area contributed by atoms with Crippen LogP contribution in [0.5, 0.6) is 0 Å². The van der Waals surface area contributed by atoms with Crippen LogP contribution in [0.4, 0.5) is 0 Å². The van der Waals surface area contributed by atoms with E-state index < -0.39 is 15.3 Å². The average molecular weight is 278 g/mol. The molecule has 3 atom stereocenters. The van der Waals surface area contributed by atoms with E-state index in [0.717, 1.165) is 12.8 Å². The minimum absolute atomic E-state index is 0.00974. The van der Waals surface area contributed by atoms with Crippen LogP contribution in [0, 0.1) is 0 Å². The molecule has 2 fully saturated rings. The van der Waals surface area contributed by atoms with E-state index in [9.17, 15) is 13.5 Å². The largest absolute Gasteiger partial charge is 0.393 e. The van der Waals surface area contributed by atoms with Gasteiger partial charge >= 0.3 is 0 Å². The zero-order chi connectivity index (χ0) is 12.8. The van der Waals surface area contributed by atoms with E-state index >= 15 is 0 Å². The molecule has 5 nitrogen and oxygen atoms in total. The second-order valence-electron chi connectivity index (χ2n) is 4.93. The summed E-state index contributed by atoms with van der Waals surface area (Å²) in [7, 11) is -3.46. The van der Waals surface area contributed by atoms with Crippen LogP contribution in [0.25, 0.3) is 0 Å². The summed E-state index contributed by atoms with van der Waals surface area (Å²) in [4.78, 5) is 0.00974. The van der Waals surface area contributed by atoms with Crippen molar-refractivity contribution < 1.29 is 13.5 Å². The highest BCUT2D eigenvalue weighted by Crippen LogP contribution is 2.38. The summed E-state index contributed by atoms with van der Waals surface area (Å²) in [5, 5.41) is 8.83. The van der Waals surface area contributed by atoms with Gasteiger partial charge in [-0.2, -0.15) is 4.31 Å². The highest BCUT2D eigenvalue weighted by Gasteiger charge is 2.48. The number of hydrogen-bond donors (Lipinski definition) is 2. The monoisotopic (exact) mass is 278 g/mol. The molecule has 2 saturated heterocycles. The Kier molecular flexibility index (Phi) is 3.46. The van der Waals surface area contributed by atoms with E-state index in [1.54, 1.807) is 4.31 Å². The molecule has 3 N–H and O–H groups in total. The van der Waals surface area contributed by atoms with Crippen molar-refractivity contribution in [1.82, 2.24) is 4.31 Å². The Balaban J connectivity index is 2.27. The highest BCUT2D eigenvalue weighted by atomic mass is 32.2. The minimum atomic E-state index is -3.46. The van der Waals surface area contributed by atoms with Crippen molar-refractivity contribution in [2.45, 2.75) is 56.0 Å². The maximum Gasteiger partial charge on any atom is 0.223 e. The third-order valence-corrected chi connectivity index (χ3v) is 6.62. The third kappa shape index (κ3) is 2.21. The number of fused-ring (bicyclic) bond motifs is 2. The maximum absolute atomic E-state index is 12.4. The van der Waals surface area contributed by atoms with Crippen LogP contribution in [0.1, 0.15) is 32.6 Å². The van der Waals surface area contributed by atoms with Crippen molar-refractivity contribution in [2.24, 2.45) is 5.73 Å².